The van der Waals surface area contributed by atoms with E-state index in [0.29, 0.717) is 31.2 Å². The van der Waals surface area contributed by atoms with Crippen molar-refractivity contribution in [1.82, 2.24) is 9.21 Å². The monoisotopic (exact) mass is 380 g/mol. The summed E-state index contributed by atoms with van der Waals surface area (Å²) in [5.41, 5.74) is 1.11. The molecule has 0 spiro atoms. The zero-order chi connectivity index (χ0) is 17.9. The van der Waals surface area contributed by atoms with Crippen molar-refractivity contribution in [3.8, 4) is 5.75 Å². The molecule has 0 radical (unpaired) electrons. The average Bonchev–Trinajstić information content (AvgIpc) is 2.63. The van der Waals surface area contributed by atoms with Crippen molar-refractivity contribution in [3.05, 3.63) is 59.1 Å². The van der Waals surface area contributed by atoms with Crippen LogP contribution in [0.25, 0.3) is 0 Å². The van der Waals surface area contributed by atoms with E-state index in [0.717, 1.165) is 17.9 Å². The van der Waals surface area contributed by atoms with Gasteiger partial charge in [-0.2, -0.15) is 4.31 Å². The molecule has 25 heavy (non-hydrogen) atoms. The van der Waals surface area contributed by atoms with E-state index in [1.54, 1.807) is 31.4 Å². The highest BCUT2D eigenvalue weighted by Crippen LogP contribution is 2.22. The first-order valence-corrected chi connectivity index (χ1v) is 9.92. The summed E-state index contributed by atoms with van der Waals surface area (Å²) in [6.07, 6.45) is 0. The minimum absolute atomic E-state index is 0.287. The first-order valence-electron chi connectivity index (χ1n) is 8.10. The molecule has 1 aliphatic rings. The summed E-state index contributed by atoms with van der Waals surface area (Å²) >= 11 is 5.84. The molecule has 0 aromatic heterocycles. The Hall–Kier alpha value is -1.60. The summed E-state index contributed by atoms with van der Waals surface area (Å²) in [6, 6.07) is 14.2. The lowest BCUT2D eigenvalue weighted by molar-refractivity contribution is 0.180. The van der Waals surface area contributed by atoms with Gasteiger partial charge < -0.3 is 4.74 Å². The van der Waals surface area contributed by atoms with Crippen molar-refractivity contribution in [2.75, 3.05) is 33.3 Å². The predicted octanol–water partition coefficient (Wildman–Crippen LogP) is 2.86. The lowest BCUT2D eigenvalue weighted by Gasteiger charge is -2.34. The number of nitrogens with zero attached hydrogens (tertiary/aromatic N) is 2. The van der Waals surface area contributed by atoms with Crippen molar-refractivity contribution in [1.29, 1.82) is 0 Å². The molecule has 5 nitrogen and oxygen atoms in total. The van der Waals surface area contributed by atoms with Gasteiger partial charge in [0, 0.05) is 43.3 Å². The third kappa shape index (κ3) is 4.15. The van der Waals surface area contributed by atoms with E-state index in [1.807, 2.05) is 24.3 Å². The molecule has 3 rings (SSSR count). The number of ether oxygens (including phenoxy) is 1. The second-order valence-electron chi connectivity index (χ2n) is 5.95. The molecule has 0 N–H and O–H groups in total. The first kappa shape index (κ1) is 18.2. The van der Waals surface area contributed by atoms with Crippen LogP contribution in [0.5, 0.6) is 5.75 Å². The second-order valence-corrected chi connectivity index (χ2v) is 8.32. The van der Waals surface area contributed by atoms with Crippen molar-refractivity contribution in [2.45, 2.75) is 11.4 Å². The van der Waals surface area contributed by atoms with E-state index >= 15 is 0 Å². The number of hydrogen-bond acceptors (Lipinski definition) is 4. The van der Waals surface area contributed by atoms with Gasteiger partial charge >= 0.3 is 0 Å². The van der Waals surface area contributed by atoms with Crippen molar-refractivity contribution >= 4 is 21.6 Å². The molecule has 0 unspecified atom stereocenters. The maximum Gasteiger partial charge on any atom is 0.243 e. The highest BCUT2D eigenvalue weighted by molar-refractivity contribution is 7.89. The van der Waals surface area contributed by atoms with Gasteiger partial charge in [0.15, 0.2) is 0 Å². The molecule has 2 aromatic rings. The van der Waals surface area contributed by atoms with Gasteiger partial charge in [0.05, 0.1) is 12.0 Å². The van der Waals surface area contributed by atoms with Crippen LogP contribution in [-0.2, 0) is 16.6 Å². The van der Waals surface area contributed by atoms with E-state index in [1.165, 1.54) is 4.31 Å². The Morgan fingerprint density at radius 1 is 1.00 bits per heavy atom. The summed E-state index contributed by atoms with van der Waals surface area (Å²) in [5.74, 6) is 0.860. The molecule has 1 aliphatic heterocycles. The Morgan fingerprint density at radius 2 is 1.64 bits per heavy atom. The van der Waals surface area contributed by atoms with E-state index in [4.69, 9.17) is 16.3 Å². The highest BCUT2D eigenvalue weighted by Gasteiger charge is 2.28. The summed E-state index contributed by atoms with van der Waals surface area (Å²) in [5, 5.41) is 0.528. The number of sulfonamides is 1. The number of benzene rings is 2. The van der Waals surface area contributed by atoms with Gasteiger partial charge in [-0.3, -0.25) is 4.90 Å². The lowest BCUT2D eigenvalue weighted by Crippen LogP contribution is -2.48. The highest BCUT2D eigenvalue weighted by atomic mass is 35.5. The minimum atomic E-state index is -3.46. The molecule has 0 saturated carbocycles. The topological polar surface area (TPSA) is 49.9 Å². The normalized spacial score (nSPS) is 16.7. The smallest absolute Gasteiger partial charge is 0.243 e. The van der Waals surface area contributed by atoms with E-state index in [9.17, 15) is 8.42 Å². The Labute approximate surface area is 153 Å². The fourth-order valence-electron chi connectivity index (χ4n) is 2.96. The molecule has 1 fully saturated rings. The predicted molar refractivity (Wildman–Crippen MR) is 98.5 cm³/mol. The van der Waals surface area contributed by atoms with Gasteiger partial charge in [-0.1, -0.05) is 29.8 Å². The number of hydrogen-bond donors (Lipinski definition) is 0. The van der Waals surface area contributed by atoms with Crippen LogP contribution in [0.15, 0.2) is 53.4 Å². The largest absolute Gasteiger partial charge is 0.496 e. The quantitative estimate of drug-likeness (QED) is 0.800. The van der Waals surface area contributed by atoms with Gasteiger partial charge in [-0.25, -0.2) is 8.42 Å². The molecule has 0 atom stereocenters. The van der Waals surface area contributed by atoms with Crippen molar-refractivity contribution in [3.63, 3.8) is 0 Å². The standard InChI is InChI=1S/C18H21ClN2O3S/c1-24-18-5-3-2-4-15(18)14-20-10-12-21(13-11-20)25(22,23)17-8-6-16(19)7-9-17/h2-9H,10-14H2,1H3. The van der Waals surface area contributed by atoms with Crippen molar-refractivity contribution < 1.29 is 13.2 Å². The molecule has 0 bridgehead atoms. The lowest BCUT2D eigenvalue weighted by atomic mass is 10.2. The molecule has 7 heteroatoms. The Bertz CT molecular complexity index is 816. The van der Waals surface area contributed by atoms with Gasteiger partial charge in [-0.15, -0.1) is 0 Å². The fourth-order valence-corrected chi connectivity index (χ4v) is 4.51. The van der Waals surface area contributed by atoms with Crippen LogP contribution in [0.2, 0.25) is 5.02 Å². The third-order valence-corrected chi connectivity index (χ3v) is 6.53. The molecule has 1 saturated heterocycles. The van der Waals surface area contributed by atoms with Crippen molar-refractivity contribution in [2.24, 2.45) is 0 Å². The molecular formula is C18H21ClN2O3S. The number of rotatable bonds is 5. The molecule has 2 aromatic carbocycles. The number of para-hydroxylation sites is 1. The molecule has 0 aliphatic carbocycles. The number of methoxy groups -OCH3 is 1. The summed E-state index contributed by atoms with van der Waals surface area (Å²) in [4.78, 5) is 2.53. The SMILES string of the molecule is COc1ccccc1CN1CCN(S(=O)(=O)c2ccc(Cl)cc2)CC1. The summed E-state index contributed by atoms with van der Waals surface area (Å²) in [6.45, 7) is 3.06. The minimum Gasteiger partial charge on any atom is -0.496 e. The second kappa shape index (κ2) is 7.74. The third-order valence-electron chi connectivity index (χ3n) is 4.37. The van der Waals surface area contributed by atoms with Gasteiger partial charge in [0.1, 0.15) is 5.75 Å². The van der Waals surface area contributed by atoms with Gasteiger partial charge in [0.25, 0.3) is 0 Å². The van der Waals surface area contributed by atoms with E-state index < -0.39 is 10.0 Å². The van der Waals surface area contributed by atoms with Gasteiger partial charge in [0.2, 0.25) is 10.0 Å². The molecule has 0 amide bonds. The van der Waals surface area contributed by atoms with E-state index in [-0.39, 0.29) is 4.90 Å². The van der Waals surface area contributed by atoms with Crippen LogP contribution in [0, 0.1) is 0 Å². The zero-order valence-corrected chi connectivity index (χ0v) is 15.6. The number of halogens is 1. The van der Waals surface area contributed by atoms with Gasteiger partial charge in [-0.05, 0) is 30.3 Å². The maximum atomic E-state index is 12.7. The first-order chi connectivity index (χ1) is 12.0. The van der Waals surface area contributed by atoms with Crippen LogP contribution in [0.3, 0.4) is 0 Å². The van der Waals surface area contributed by atoms with Crippen LogP contribution in [-0.4, -0.2) is 50.9 Å². The number of piperazine rings is 1. The molecule has 1 heterocycles. The summed E-state index contributed by atoms with van der Waals surface area (Å²) < 4.78 is 32.3. The fraction of sp³-hybridized carbons (Fsp3) is 0.333. The Balaban J connectivity index is 1.64. The van der Waals surface area contributed by atoms with E-state index in [2.05, 4.69) is 4.90 Å². The Morgan fingerprint density at radius 3 is 2.28 bits per heavy atom. The van der Waals surface area contributed by atoms with Crippen LogP contribution in [0.4, 0.5) is 0 Å². The maximum absolute atomic E-state index is 12.7. The molecule has 134 valence electrons. The summed E-state index contributed by atoms with van der Waals surface area (Å²) in [7, 11) is -1.80. The van der Waals surface area contributed by atoms with Crippen LogP contribution < -0.4 is 4.74 Å². The zero-order valence-electron chi connectivity index (χ0n) is 14.1. The molecular weight excluding hydrogens is 360 g/mol. The van der Waals surface area contributed by atoms with Crippen LogP contribution in [0.1, 0.15) is 5.56 Å². The van der Waals surface area contributed by atoms with Crippen LogP contribution >= 0.6 is 11.6 Å². The average molecular weight is 381 g/mol. The Kier molecular flexibility index (Phi) is 5.64.